The Kier molecular flexibility index (Phi) is 4.14. The molecule has 1 aromatic rings. The Balaban J connectivity index is 1.87. The molecule has 0 amide bonds. The second-order valence-corrected chi connectivity index (χ2v) is 4.31. The van der Waals surface area contributed by atoms with Crippen LogP contribution in [0.2, 0.25) is 0 Å². The molecular weight excluding hydrogens is 216 g/mol. The highest BCUT2D eigenvalue weighted by Gasteiger charge is 2.20. The molecule has 2 heterocycles. The Hall–Kier alpha value is -1.36. The fourth-order valence-electron chi connectivity index (χ4n) is 2.10. The van der Waals surface area contributed by atoms with Crippen LogP contribution < -0.4 is 10.1 Å². The summed E-state index contributed by atoms with van der Waals surface area (Å²) in [6.07, 6.45) is 4.25. The Morgan fingerprint density at radius 2 is 2.47 bits per heavy atom. The van der Waals surface area contributed by atoms with Crippen LogP contribution in [0.4, 0.5) is 5.95 Å². The first kappa shape index (κ1) is 12.1. The molecule has 1 N–H and O–H groups in total. The molecule has 0 aliphatic carbocycles. The van der Waals surface area contributed by atoms with Gasteiger partial charge in [0.15, 0.2) is 0 Å². The molecule has 1 saturated heterocycles. The Morgan fingerprint density at radius 3 is 3.18 bits per heavy atom. The van der Waals surface area contributed by atoms with Crippen molar-refractivity contribution in [1.82, 2.24) is 14.9 Å². The van der Waals surface area contributed by atoms with E-state index in [1.54, 1.807) is 12.3 Å². The lowest BCUT2D eigenvalue weighted by Gasteiger charge is -2.19. The molecule has 0 radical (unpaired) electrons. The number of hydrogen-bond acceptors (Lipinski definition) is 5. The van der Waals surface area contributed by atoms with Crippen LogP contribution in [0, 0.1) is 0 Å². The van der Waals surface area contributed by atoms with E-state index in [9.17, 15) is 0 Å². The Labute approximate surface area is 102 Å². The molecule has 2 rings (SSSR count). The summed E-state index contributed by atoms with van der Waals surface area (Å²) in [4.78, 5) is 10.8. The standard InChI is InChI=1S/C12H20N4O/c1-3-17-11-6-7-13-12(15-11)14-9-10-5-4-8-16(10)2/h6-7,10H,3-5,8-9H2,1-2H3,(H,13,14,15). The summed E-state index contributed by atoms with van der Waals surface area (Å²) in [6.45, 7) is 4.66. The van der Waals surface area contributed by atoms with Crippen LogP contribution in [0.3, 0.4) is 0 Å². The minimum atomic E-state index is 0.592. The van der Waals surface area contributed by atoms with Gasteiger partial charge in [0.1, 0.15) is 0 Å². The second kappa shape index (κ2) is 5.82. The van der Waals surface area contributed by atoms with E-state index in [0.29, 0.717) is 24.5 Å². The van der Waals surface area contributed by atoms with E-state index in [0.717, 1.165) is 6.54 Å². The van der Waals surface area contributed by atoms with E-state index < -0.39 is 0 Å². The van der Waals surface area contributed by atoms with E-state index in [2.05, 4.69) is 27.2 Å². The number of anilines is 1. The fraction of sp³-hybridized carbons (Fsp3) is 0.667. The van der Waals surface area contributed by atoms with Crippen LogP contribution in [0.1, 0.15) is 19.8 Å². The summed E-state index contributed by atoms with van der Waals surface area (Å²) >= 11 is 0. The van der Waals surface area contributed by atoms with Gasteiger partial charge in [0, 0.05) is 24.8 Å². The quantitative estimate of drug-likeness (QED) is 0.837. The van der Waals surface area contributed by atoms with Crippen molar-refractivity contribution in [3.05, 3.63) is 12.3 Å². The van der Waals surface area contributed by atoms with Crippen molar-refractivity contribution in [2.45, 2.75) is 25.8 Å². The summed E-state index contributed by atoms with van der Waals surface area (Å²) in [5.74, 6) is 1.28. The van der Waals surface area contributed by atoms with E-state index in [1.165, 1.54) is 19.4 Å². The number of nitrogens with one attached hydrogen (secondary N) is 1. The molecule has 1 aliphatic heterocycles. The van der Waals surface area contributed by atoms with Gasteiger partial charge in [0.25, 0.3) is 0 Å². The lowest BCUT2D eigenvalue weighted by Crippen LogP contribution is -2.31. The molecular formula is C12H20N4O. The third-order valence-corrected chi connectivity index (χ3v) is 3.09. The molecule has 94 valence electrons. The third kappa shape index (κ3) is 3.30. The molecule has 0 saturated carbocycles. The van der Waals surface area contributed by atoms with Gasteiger partial charge in [0.05, 0.1) is 6.61 Å². The van der Waals surface area contributed by atoms with Gasteiger partial charge in [-0.1, -0.05) is 0 Å². The van der Waals surface area contributed by atoms with Gasteiger partial charge in [0.2, 0.25) is 11.8 Å². The molecule has 0 spiro atoms. The minimum Gasteiger partial charge on any atom is -0.478 e. The highest BCUT2D eigenvalue weighted by molar-refractivity contribution is 5.27. The number of likely N-dealkylation sites (N-methyl/N-ethyl adjacent to an activating group) is 1. The van der Waals surface area contributed by atoms with Gasteiger partial charge in [-0.25, -0.2) is 4.98 Å². The normalized spacial score (nSPS) is 20.5. The van der Waals surface area contributed by atoms with Crippen LogP contribution in [0.5, 0.6) is 5.88 Å². The van der Waals surface area contributed by atoms with Crippen LogP contribution in [0.15, 0.2) is 12.3 Å². The number of aromatic nitrogens is 2. The molecule has 0 aromatic carbocycles. The molecule has 5 heteroatoms. The largest absolute Gasteiger partial charge is 0.478 e. The van der Waals surface area contributed by atoms with Gasteiger partial charge in [-0.15, -0.1) is 0 Å². The summed E-state index contributed by atoms with van der Waals surface area (Å²) in [5.41, 5.74) is 0. The molecule has 1 fully saturated rings. The van der Waals surface area contributed by atoms with Crippen LogP contribution in [-0.4, -0.2) is 47.7 Å². The van der Waals surface area contributed by atoms with E-state index in [4.69, 9.17) is 4.74 Å². The van der Waals surface area contributed by atoms with Gasteiger partial charge >= 0.3 is 0 Å². The lowest BCUT2D eigenvalue weighted by atomic mass is 10.2. The van der Waals surface area contributed by atoms with E-state index in [-0.39, 0.29) is 0 Å². The molecule has 0 bridgehead atoms. The number of ether oxygens (including phenoxy) is 1. The van der Waals surface area contributed by atoms with Gasteiger partial charge in [-0.2, -0.15) is 4.98 Å². The van der Waals surface area contributed by atoms with Gasteiger partial charge in [-0.05, 0) is 33.4 Å². The number of likely N-dealkylation sites (tertiary alicyclic amines) is 1. The van der Waals surface area contributed by atoms with E-state index >= 15 is 0 Å². The number of hydrogen-bond donors (Lipinski definition) is 1. The predicted octanol–water partition coefficient (Wildman–Crippen LogP) is 1.38. The van der Waals surface area contributed by atoms with Crippen molar-refractivity contribution in [2.24, 2.45) is 0 Å². The highest BCUT2D eigenvalue weighted by atomic mass is 16.5. The SMILES string of the molecule is CCOc1ccnc(NCC2CCCN2C)n1. The smallest absolute Gasteiger partial charge is 0.225 e. The molecule has 17 heavy (non-hydrogen) atoms. The average molecular weight is 236 g/mol. The van der Waals surface area contributed by atoms with Crippen molar-refractivity contribution in [3.63, 3.8) is 0 Å². The lowest BCUT2D eigenvalue weighted by molar-refractivity contribution is 0.320. The summed E-state index contributed by atoms with van der Waals surface area (Å²) in [5, 5.41) is 3.27. The van der Waals surface area contributed by atoms with Crippen molar-refractivity contribution >= 4 is 5.95 Å². The van der Waals surface area contributed by atoms with Crippen molar-refractivity contribution in [3.8, 4) is 5.88 Å². The van der Waals surface area contributed by atoms with Crippen LogP contribution in [0.25, 0.3) is 0 Å². The first-order chi connectivity index (χ1) is 8.29. The zero-order valence-corrected chi connectivity index (χ0v) is 10.5. The number of rotatable bonds is 5. The zero-order chi connectivity index (χ0) is 12.1. The van der Waals surface area contributed by atoms with Crippen molar-refractivity contribution in [1.29, 1.82) is 0 Å². The average Bonchev–Trinajstić information content (AvgIpc) is 2.73. The summed E-state index contributed by atoms with van der Waals surface area (Å²) in [6, 6.07) is 2.37. The molecule has 1 unspecified atom stereocenters. The number of nitrogens with zero attached hydrogens (tertiary/aromatic N) is 3. The van der Waals surface area contributed by atoms with Crippen LogP contribution >= 0.6 is 0 Å². The maximum Gasteiger partial charge on any atom is 0.225 e. The fourth-order valence-corrected chi connectivity index (χ4v) is 2.10. The molecule has 1 atom stereocenters. The van der Waals surface area contributed by atoms with Crippen molar-refractivity contribution in [2.75, 3.05) is 32.1 Å². The molecule has 1 aliphatic rings. The first-order valence-electron chi connectivity index (χ1n) is 6.19. The van der Waals surface area contributed by atoms with Gasteiger partial charge in [-0.3, -0.25) is 0 Å². The summed E-state index contributed by atoms with van der Waals surface area (Å²) in [7, 11) is 2.16. The van der Waals surface area contributed by atoms with Gasteiger partial charge < -0.3 is 15.0 Å². The van der Waals surface area contributed by atoms with Crippen LogP contribution in [-0.2, 0) is 0 Å². The minimum absolute atomic E-state index is 0.592. The third-order valence-electron chi connectivity index (χ3n) is 3.09. The molecule has 1 aromatic heterocycles. The Morgan fingerprint density at radius 1 is 1.59 bits per heavy atom. The topological polar surface area (TPSA) is 50.3 Å². The van der Waals surface area contributed by atoms with Crippen molar-refractivity contribution < 1.29 is 4.74 Å². The highest BCUT2D eigenvalue weighted by Crippen LogP contribution is 2.15. The molecule has 5 nitrogen and oxygen atoms in total. The second-order valence-electron chi connectivity index (χ2n) is 4.31. The maximum absolute atomic E-state index is 5.34. The first-order valence-corrected chi connectivity index (χ1v) is 6.19. The predicted molar refractivity (Wildman–Crippen MR) is 67.3 cm³/mol. The monoisotopic (exact) mass is 236 g/mol. The Bertz CT molecular complexity index is 358. The maximum atomic E-state index is 5.34. The summed E-state index contributed by atoms with van der Waals surface area (Å²) < 4.78 is 5.34. The zero-order valence-electron chi connectivity index (χ0n) is 10.5. The van der Waals surface area contributed by atoms with E-state index in [1.807, 2.05) is 6.92 Å².